The lowest BCUT2D eigenvalue weighted by Crippen LogP contribution is -2.14. The molecule has 24 heavy (non-hydrogen) atoms. The van der Waals surface area contributed by atoms with E-state index < -0.39 is 6.09 Å². The number of ether oxygens (including phenoxy) is 1. The van der Waals surface area contributed by atoms with E-state index >= 15 is 0 Å². The molecule has 2 aromatic heterocycles. The first-order chi connectivity index (χ1) is 11.6. The Balaban J connectivity index is 1.63. The average molecular weight is 343 g/mol. The van der Waals surface area contributed by atoms with E-state index in [9.17, 15) is 4.79 Å². The number of rotatable bonds is 4. The van der Waals surface area contributed by atoms with Crippen molar-refractivity contribution in [2.45, 2.75) is 13.5 Å². The number of nitrogens with zero attached hydrogens (tertiary/aromatic N) is 2. The molecule has 0 atom stereocenters. The van der Waals surface area contributed by atoms with Crippen LogP contribution in [0.25, 0.3) is 11.3 Å². The van der Waals surface area contributed by atoms with Gasteiger partial charge in [0, 0.05) is 28.5 Å². The molecule has 122 valence electrons. The summed E-state index contributed by atoms with van der Waals surface area (Å²) in [5.74, 6) is 0.503. The molecule has 0 bridgehead atoms. The second-order valence-corrected chi connectivity index (χ2v) is 5.57. The van der Waals surface area contributed by atoms with Crippen molar-refractivity contribution in [2.24, 2.45) is 0 Å². The van der Waals surface area contributed by atoms with Crippen LogP contribution in [0, 0.1) is 6.92 Å². The zero-order chi connectivity index (χ0) is 16.9. The van der Waals surface area contributed by atoms with Crippen LogP contribution in [0.1, 0.15) is 11.1 Å². The molecule has 6 nitrogen and oxygen atoms in total. The zero-order valence-corrected chi connectivity index (χ0v) is 13.7. The summed E-state index contributed by atoms with van der Waals surface area (Å²) >= 11 is 5.82. The number of anilines is 1. The highest BCUT2D eigenvalue weighted by molar-refractivity contribution is 6.30. The maximum atomic E-state index is 11.9. The number of carbonyl (C=O) groups excluding carboxylic acids is 1. The van der Waals surface area contributed by atoms with Crippen LogP contribution in [-0.2, 0) is 11.3 Å². The van der Waals surface area contributed by atoms with E-state index in [1.165, 1.54) is 0 Å². The predicted molar refractivity (Wildman–Crippen MR) is 91.8 cm³/mol. The number of amides is 1. The SMILES string of the molecule is Cc1c(-c2ccncc2)n[nH]c1NC(=O)OCc1ccc(Cl)cc1. The van der Waals surface area contributed by atoms with Crippen molar-refractivity contribution in [1.82, 2.24) is 15.2 Å². The summed E-state index contributed by atoms with van der Waals surface area (Å²) in [5, 5.41) is 10.3. The van der Waals surface area contributed by atoms with Gasteiger partial charge >= 0.3 is 6.09 Å². The Kier molecular flexibility index (Phi) is 4.77. The van der Waals surface area contributed by atoms with Crippen LogP contribution >= 0.6 is 11.6 Å². The maximum Gasteiger partial charge on any atom is 0.413 e. The van der Waals surface area contributed by atoms with Crippen LogP contribution in [0.4, 0.5) is 10.6 Å². The van der Waals surface area contributed by atoms with E-state index in [-0.39, 0.29) is 6.61 Å². The van der Waals surface area contributed by atoms with Crippen LogP contribution in [0.3, 0.4) is 0 Å². The number of carbonyl (C=O) groups is 1. The number of nitrogens with one attached hydrogen (secondary N) is 2. The summed E-state index contributed by atoms with van der Waals surface area (Å²) < 4.78 is 5.19. The van der Waals surface area contributed by atoms with Gasteiger partial charge in [0.2, 0.25) is 0 Å². The number of aromatic nitrogens is 3. The van der Waals surface area contributed by atoms with Crippen molar-refractivity contribution >= 4 is 23.5 Å². The van der Waals surface area contributed by atoms with Gasteiger partial charge in [-0.2, -0.15) is 5.10 Å². The minimum Gasteiger partial charge on any atom is -0.444 e. The Morgan fingerprint density at radius 3 is 2.62 bits per heavy atom. The fourth-order valence-electron chi connectivity index (χ4n) is 2.18. The van der Waals surface area contributed by atoms with Crippen LogP contribution in [-0.4, -0.2) is 21.3 Å². The Labute approximate surface area is 143 Å². The van der Waals surface area contributed by atoms with Gasteiger partial charge in [-0.05, 0) is 36.8 Å². The molecule has 0 aliphatic rings. The number of halogens is 1. The van der Waals surface area contributed by atoms with Gasteiger partial charge in [0.25, 0.3) is 0 Å². The number of benzene rings is 1. The summed E-state index contributed by atoms with van der Waals surface area (Å²) in [6.45, 7) is 2.03. The summed E-state index contributed by atoms with van der Waals surface area (Å²) in [5.41, 5.74) is 3.35. The summed E-state index contributed by atoms with van der Waals surface area (Å²) in [4.78, 5) is 15.9. The number of hydrogen-bond acceptors (Lipinski definition) is 4. The quantitative estimate of drug-likeness (QED) is 0.745. The average Bonchev–Trinajstić information content (AvgIpc) is 2.96. The molecule has 0 fully saturated rings. The Hall–Kier alpha value is -2.86. The van der Waals surface area contributed by atoms with E-state index in [0.29, 0.717) is 10.8 Å². The maximum absolute atomic E-state index is 11.9. The van der Waals surface area contributed by atoms with E-state index in [1.807, 2.05) is 19.1 Å². The van der Waals surface area contributed by atoms with Gasteiger partial charge < -0.3 is 4.74 Å². The van der Waals surface area contributed by atoms with Gasteiger partial charge in [0.05, 0.1) is 5.69 Å². The molecular weight excluding hydrogens is 328 g/mol. The third-order valence-electron chi connectivity index (χ3n) is 3.47. The van der Waals surface area contributed by atoms with Crippen molar-refractivity contribution < 1.29 is 9.53 Å². The minimum atomic E-state index is -0.557. The number of aromatic amines is 1. The molecule has 0 saturated carbocycles. The van der Waals surface area contributed by atoms with Crippen molar-refractivity contribution in [3.63, 3.8) is 0 Å². The highest BCUT2D eigenvalue weighted by Crippen LogP contribution is 2.25. The summed E-state index contributed by atoms with van der Waals surface area (Å²) in [7, 11) is 0. The van der Waals surface area contributed by atoms with Crippen LogP contribution in [0.15, 0.2) is 48.8 Å². The molecule has 1 amide bonds. The lowest BCUT2D eigenvalue weighted by molar-refractivity contribution is 0.155. The van der Waals surface area contributed by atoms with Crippen molar-refractivity contribution in [1.29, 1.82) is 0 Å². The first-order valence-corrected chi connectivity index (χ1v) is 7.65. The molecule has 3 rings (SSSR count). The third-order valence-corrected chi connectivity index (χ3v) is 3.73. The summed E-state index contributed by atoms with van der Waals surface area (Å²) in [6, 6.07) is 10.8. The highest BCUT2D eigenvalue weighted by Gasteiger charge is 2.13. The van der Waals surface area contributed by atoms with Crippen LogP contribution in [0.2, 0.25) is 5.02 Å². The second-order valence-electron chi connectivity index (χ2n) is 5.14. The Morgan fingerprint density at radius 2 is 1.92 bits per heavy atom. The van der Waals surface area contributed by atoms with Crippen LogP contribution < -0.4 is 5.32 Å². The molecule has 0 aliphatic heterocycles. The van der Waals surface area contributed by atoms with E-state index in [1.54, 1.807) is 36.7 Å². The first-order valence-electron chi connectivity index (χ1n) is 7.27. The Morgan fingerprint density at radius 1 is 1.21 bits per heavy atom. The standard InChI is InChI=1S/C17H15ClN4O2/c1-11-15(13-6-8-19-9-7-13)21-22-16(11)20-17(23)24-10-12-2-4-14(18)5-3-12/h2-9H,10H2,1H3,(H2,20,21,22,23). The fraction of sp³-hybridized carbons (Fsp3) is 0.118. The molecule has 2 N–H and O–H groups in total. The molecule has 0 spiro atoms. The van der Waals surface area contributed by atoms with Gasteiger partial charge in [0.1, 0.15) is 12.4 Å². The van der Waals surface area contributed by atoms with Gasteiger partial charge in [-0.3, -0.25) is 15.4 Å². The minimum absolute atomic E-state index is 0.160. The molecule has 3 aromatic rings. The van der Waals surface area contributed by atoms with E-state index in [2.05, 4.69) is 20.5 Å². The molecule has 1 aromatic carbocycles. The summed E-state index contributed by atoms with van der Waals surface area (Å²) in [6.07, 6.45) is 2.83. The zero-order valence-electron chi connectivity index (χ0n) is 12.9. The van der Waals surface area contributed by atoms with Crippen molar-refractivity contribution in [3.8, 4) is 11.3 Å². The van der Waals surface area contributed by atoms with Crippen LogP contribution in [0.5, 0.6) is 0 Å². The molecular formula is C17H15ClN4O2. The van der Waals surface area contributed by atoms with Gasteiger partial charge in [-0.25, -0.2) is 4.79 Å². The van der Waals surface area contributed by atoms with Gasteiger partial charge in [-0.15, -0.1) is 0 Å². The molecule has 0 radical (unpaired) electrons. The van der Waals surface area contributed by atoms with E-state index in [4.69, 9.17) is 16.3 Å². The number of pyridine rings is 1. The predicted octanol–water partition coefficient (Wildman–Crippen LogP) is 4.18. The third kappa shape index (κ3) is 3.72. The molecule has 2 heterocycles. The topological polar surface area (TPSA) is 79.9 Å². The van der Waals surface area contributed by atoms with Crippen molar-refractivity contribution in [2.75, 3.05) is 5.32 Å². The largest absolute Gasteiger partial charge is 0.444 e. The fourth-order valence-corrected chi connectivity index (χ4v) is 2.30. The second kappa shape index (κ2) is 7.14. The smallest absolute Gasteiger partial charge is 0.413 e. The van der Waals surface area contributed by atoms with Gasteiger partial charge in [-0.1, -0.05) is 23.7 Å². The Bertz CT molecular complexity index is 832. The highest BCUT2D eigenvalue weighted by atomic mass is 35.5. The van der Waals surface area contributed by atoms with Gasteiger partial charge in [0.15, 0.2) is 0 Å². The molecule has 7 heteroatoms. The number of hydrogen-bond donors (Lipinski definition) is 2. The van der Waals surface area contributed by atoms with E-state index in [0.717, 1.165) is 22.4 Å². The lowest BCUT2D eigenvalue weighted by atomic mass is 10.1. The van der Waals surface area contributed by atoms with Crippen molar-refractivity contribution in [3.05, 3.63) is 64.9 Å². The normalized spacial score (nSPS) is 10.4. The molecule has 0 aliphatic carbocycles. The molecule has 0 unspecified atom stereocenters. The monoisotopic (exact) mass is 342 g/mol. The first kappa shape index (κ1) is 16.0. The number of H-pyrrole nitrogens is 1. The lowest BCUT2D eigenvalue weighted by Gasteiger charge is -2.06. The molecule has 0 saturated heterocycles.